The normalized spacial score (nSPS) is 12.6. The Bertz CT molecular complexity index is 731. The average molecular weight is 286 g/mol. The summed E-state index contributed by atoms with van der Waals surface area (Å²) in [7, 11) is 0. The molecule has 0 fully saturated rings. The van der Waals surface area contributed by atoms with E-state index in [-0.39, 0.29) is 6.04 Å². The molecule has 3 rings (SSSR count). The largest absolute Gasteiger partial charge is 0.378 e. The number of aryl methyl sites for hydroxylation is 1. The van der Waals surface area contributed by atoms with E-state index in [1.54, 1.807) is 0 Å². The van der Waals surface area contributed by atoms with Crippen LogP contribution in [0.15, 0.2) is 42.5 Å². The van der Waals surface area contributed by atoms with Crippen molar-refractivity contribution in [3.05, 3.63) is 58.9 Å². The monoisotopic (exact) mass is 285 g/mol. The number of hydrogen-bond acceptors (Lipinski definition) is 2. The summed E-state index contributed by atoms with van der Waals surface area (Å²) in [5.74, 6) is 0.933. The number of anilines is 1. The molecule has 1 atom stereocenters. The number of rotatable bonds is 3. The average Bonchev–Trinajstić information content (AvgIpc) is 2.78. The number of hydrogen-bond donors (Lipinski definition) is 2. The van der Waals surface area contributed by atoms with Gasteiger partial charge in [-0.2, -0.15) is 0 Å². The molecule has 0 amide bonds. The fraction of sp³-hybridized carbons (Fsp3) is 0.188. The molecule has 1 aromatic heterocycles. The molecule has 4 heteroatoms. The molecule has 3 nitrogen and oxygen atoms in total. The molecule has 0 aliphatic rings. The second-order valence-corrected chi connectivity index (χ2v) is 5.41. The molecule has 2 aromatic carbocycles. The third kappa shape index (κ3) is 2.63. The number of imidazole rings is 1. The van der Waals surface area contributed by atoms with E-state index < -0.39 is 0 Å². The molecule has 2 N–H and O–H groups in total. The second-order valence-electron chi connectivity index (χ2n) is 4.97. The molecule has 1 unspecified atom stereocenters. The van der Waals surface area contributed by atoms with Crippen molar-refractivity contribution in [3.63, 3.8) is 0 Å². The lowest BCUT2D eigenvalue weighted by Gasteiger charge is -2.15. The van der Waals surface area contributed by atoms with Crippen LogP contribution in [0.2, 0.25) is 5.02 Å². The van der Waals surface area contributed by atoms with Gasteiger partial charge in [-0.25, -0.2) is 4.98 Å². The summed E-state index contributed by atoms with van der Waals surface area (Å²) in [5, 5.41) is 4.25. The van der Waals surface area contributed by atoms with Crippen LogP contribution in [0, 0.1) is 6.92 Å². The van der Waals surface area contributed by atoms with Crippen LogP contribution in [-0.2, 0) is 0 Å². The first-order valence-electron chi connectivity index (χ1n) is 6.60. The Morgan fingerprint density at radius 1 is 1.15 bits per heavy atom. The van der Waals surface area contributed by atoms with E-state index in [1.807, 2.05) is 37.3 Å². The number of benzene rings is 2. The molecular formula is C16H16ClN3. The third-order valence-corrected chi connectivity index (χ3v) is 3.61. The number of aromatic nitrogens is 2. The number of fused-ring (bicyclic) bond motifs is 1. The first-order chi connectivity index (χ1) is 9.61. The van der Waals surface area contributed by atoms with Crippen LogP contribution in [0.1, 0.15) is 24.4 Å². The number of nitrogens with zero attached hydrogens (tertiary/aromatic N) is 1. The van der Waals surface area contributed by atoms with Crippen LogP contribution in [0.5, 0.6) is 0 Å². The van der Waals surface area contributed by atoms with Gasteiger partial charge in [0.1, 0.15) is 5.82 Å². The molecule has 0 bridgehead atoms. The Kier molecular flexibility index (Phi) is 3.36. The fourth-order valence-corrected chi connectivity index (χ4v) is 2.44. The molecule has 20 heavy (non-hydrogen) atoms. The lowest BCUT2D eigenvalue weighted by Crippen LogP contribution is -2.06. The van der Waals surface area contributed by atoms with Gasteiger partial charge in [0.25, 0.3) is 0 Å². The Morgan fingerprint density at radius 2 is 1.90 bits per heavy atom. The Balaban J connectivity index is 1.82. The van der Waals surface area contributed by atoms with Crippen molar-refractivity contribution in [3.8, 4) is 0 Å². The highest BCUT2D eigenvalue weighted by atomic mass is 35.5. The zero-order valence-corrected chi connectivity index (χ0v) is 12.2. The van der Waals surface area contributed by atoms with E-state index in [1.165, 1.54) is 5.56 Å². The molecule has 0 spiro atoms. The smallest absolute Gasteiger partial charge is 0.104 e. The molecule has 0 saturated heterocycles. The third-order valence-electron chi connectivity index (χ3n) is 3.35. The van der Waals surface area contributed by atoms with Crippen molar-refractivity contribution in [2.45, 2.75) is 19.9 Å². The Labute approximate surface area is 123 Å². The summed E-state index contributed by atoms with van der Waals surface area (Å²) in [6.07, 6.45) is 0. The lowest BCUT2D eigenvalue weighted by molar-refractivity contribution is 0.885. The van der Waals surface area contributed by atoms with Gasteiger partial charge in [-0.15, -0.1) is 0 Å². The molecule has 1 heterocycles. The van der Waals surface area contributed by atoms with Crippen LogP contribution in [0.3, 0.4) is 0 Å². The standard InChI is InChI=1S/C16H16ClN3/c1-10(12-3-5-13(17)6-4-12)18-14-7-8-15-16(9-14)20-11(2)19-15/h3-10,18H,1-2H3,(H,19,20). The Morgan fingerprint density at radius 3 is 2.65 bits per heavy atom. The van der Waals surface area contributed by atoms with Gasteiger partial charge in [0.05, 0.1) is 11.0 Å². The summed E-state index contributed by atoms with van der Waals surface area (Å²) in [6.45, 7) is 4.09. The van der Waals surface area contributed by atoms with Crippen molar-refractivity contribution in [1.82, 2.24) is 9.97 Å². The van der Waals surface area contributed by atoms with Crippen LogP contribution in [-0.4, -0.2) is 9.97 Å². The van der Waals surface area contributed by atoms with E-state index in [9.17, 15) is 0 Å². The van der Waals surface area contributed by atoms with Crippen molar-refractivity contribution in [2.75, 3.05) is 5.32 Å². The maximum absolute atomic E-state index is 5.91. The molecule has 3 aromatic rings. The molecule has 0 aliphatic carbocycles. The van der Waals surface area contributed by atoms with Gasteiger partial charge in [0, 0.05) is 16.8 Å². The van der Waals surface area contributed by atoms with E-state index >= 15 is 0 Å². The first-order valence-corrected chi connectivity index (χ1v) is 6.98. The molecule has 102 valence electrons. The summed E-state index contributed by atoms with van der Waals surface area (Å²) in [5.41, 5.74) is 4.32. The highest BCUT2D eigenvalue weighted by molar-refractivity contribution is 6.30. The van der Waals surface area contributed by atoms with Gasteiger partial charge in [-0.1, -0.05) is 23.7 Å². The van der Waals surface area contributed by atoms with E-state index in [0.717, 1.165) is 27.6 Å². The zero-order valence-electron chi connectivity index (χ0n) is 11.4. The highest BCUT2D eigenvalue weighted by Crippen LogP contribution is 2.23. The van der Waals surface area contributed by atoms with Gasteiger partial charge in [0.15, 0.2) is 0 Å². The first kappa shape index (κ1) is 13.0. The molecule has 0 aliphatic heterocycles. The maximum atomic E-state index is 5.91. The van der Waals surface area contributed by atoms with Gasteiger partial charge < -0.3 is 10.3 Å². The van der Waals surface area contributed by atoms with Gasteiger partial charge in [-0.05, 0) is 49.7 Å². The lowest BCUT2D eigenvalue weighted by atomic mass is 10.1. The summed E-state index contributed by atoms with van der Waals surface area (Å²) >= 11 is 5.91. The van der Waals surface area contributed by atoms with Crippen molar-refractivity contribution in [2.24, 2.45) is 0 Å². The van der Waals surface area contributed by atoms with Crippen LogP contribution in [0.25, 0.3) is 11.0 Å². The molecular weight excluding hydrogens is 270 g/mol. The minimum absolute atomic E-state index is 0.216. The predicted octanol–water partition coefficient (Wildman–Crippen LogP) is 4.70. The highest BCUT2D eigenvalue weighted by Gasteiger charge is 2.06. The summed E-state index contributed by atoms with van der Waals surface area (Å²) in [6, 6.07) is 14.3. The predicted molar refractivity (Wildman–Crippen MR) is 84.3 cm³/mol. The summed E-state index contributed by atoms with van der Waals surface area (Å²) in [4.78, 5) is 7.65. The fourth-order valence-electron chi connectivity index (χ4n) is 2.31. The van der Waals surface area contributed by atoms with Gasteiger partial charge in [-0.3, -0.25) is 0 Å². The number of nitrogens with one attached hydrogen (secondary N) is 2. The minimum Gasteiger partial charge on any atom is -0.378 e. The Hall–Kier alpha value is -2.00. The van der Waals surface area contributed by atoms with Crippen LogP contribution >= 0.6 is 11.6 Å². The number of halogens is 1. The quantitative estimate of drug-likeness (QED) is 0.732. The van der Waals surface area contributed by atoms with Gasteiger partial charge >= 0.3 is 0 Å². The van der Waals surface area contributed by atoms with E-state index in [2.05, 4.69) is 34.3 Å². The SMILES string of the molecule is Cc1nc2ccc(NC(C)c3ccc(Cl)cc3)cc2[nH]1. The molecule has 0 saturated carbocycles. The van der Waals surface area contributed by atoms with Gasteiger partial charge in [0.2, 0.25) is 0 Å². The van der Waals surface area contributed by atoms with Crippen molar-refractivity contribution >= 4 is 28.3 Å². The number of aromatic amines is 1. The van der Waals surface area contributed by atoms with Crippen LogP contribution in [0.4, 0.5) is 5.69 Å². The van der Waals surface area contributed by atoms with E-state index in [0.29, 0.717) is 0 Å². The van der Waals surface area contributed by atoms with Crippen LogP contribution < -0.4 is 5.32 Å². The summed E-state index contributed by atoms with van der Waals surface area (Å²) < 4.78 is 0. The molecule has 0 radical (unpaired) electrons. The minimum atomic E-state index is 0.216. The second kappa shape index (κ2) is 5.17. The van der Waals surface area contributed by atoms with Crippen molar-refractivity contribution in [1.29, 1.82) is 0 Å². The maximum Gasteiger partial charge on any atom is 0.104 e. The van der Waals surface area contributed by atoms with E-state index in [4.69, 9.17) is 11.6 Å². The van der Waals surface area contributed by atoms with Crippen molar-refractivity contribution < 1.29 is 0 Å². The topological polar surface area (TPSA) is 40.7 Å². The zero-order chi connectivity index (χ0) is 14.1. The number of H-pyrrole nitrogens is 1.